The average molecular weight is 435 g/mol. The van der Waals surface area contributed by atoms with Gasteiger partial charge in [0.25, 0.3) is 0 Å². The number of halogens is 4. The zero-order chi connectivity index (χ0) is 20.1. The standard InChI is InChI=1S/C14H17F3N2O6S.ClH/c1-26(23,24)9-4-2-8(3-5-9)12(21)10(7-25-11(20)6-18)19-13(22)14(15,16)17;/h2-5,10,12,21H,6-7,18H2,1H3,(H,19,22);1H. The molecule has 4 N–H and O–H groups in total. The molecule has 1 amide bonds. The van der Waals surface area contributed by atoms with Crippen molar-refractivity contribution in [2.75, 3.05) is 19.4 Å². The molecule has 0 aromatic heterocycles. The van der Waals surface area contributed by atoms with Crippen LogP contribution in [0, 0.1) is 0 Å². The number of nitrogens with one attached hydrogen (secondary N) is 1. The molecule has 0 aliphatic rings. The largest absolute Gasteiger partial charge is 0.471 e. The van der Waals surface area contributed by atoms with Crippen LogP contribution in [-0.4, -0.2) is 57.0 Å². The lowest BCUT2D eigenvalue weighted by Gasteiger charge is -2.24. The van der Waals surface area contributed by atoms with Gasteiger partial charge in [-0.2, -0.15) is 13.2 Å². The molecule has 154 valence electrons. The van der Waals surface area contributed by atoms with Gasteiger partial charge in [0, 0.05) is 6.26 Å². The number of aliphatic hydroxyl groups excluding tert-OH is 1. The van der Waals surface area contributed by atoms with E-state index in [-0.39, 0.29) is 22.9 Å². The van der Waals surface area contributed by atoms with Crippen molar-refractivity contribution in [3.8, 4) is 0 Å². The van der Waals surface area contributed by atoms with Gasteiger partial charge in [0.15, 0.2) is 9.84 Å². The van der Waals surface area contributed by atoms with Crippen LogP contribution in [0.3, 0.4) is 0 Å². The summed E-state index contributed by atoms with van der Waals surface area (Å²) in [6.45, 7) is -1.31. The Morgan fingerprint density at radius 3 is 2.19 bits per heavy atom. The van der Waals surface area contributed by atoms with E-state index in [4.69, 9.17) is 5.73 Å². The van der Waals surface area contributed by atoms with Crippen molar-refractivity contribution in [2.24, 2.45) is 5.73 Å². The highest BCUT2D eigenvalue weighted by Gasteiger charge is 2.41. The van der Waals surface area contributed by atoms with Crippen molar-refractivity contribution in [3.05, 3.63) is 29.8 Å². The van der Waals surface area contributed by atoms with E-state index in [1.54, 1.807) is 0 Å². The maximum atomic E-state index is 12.4. The van der Waals surface area contributed by atoms with Crippen LogP contribution >= 0.6 is 12.4 Å². The molecule has 8 nitrogen and oxygen atoms in total. The first kappa shape index (κ1) is 25.1. The molecule has 0 fully saturated rings. The van der Waals surface area contributed by atoms with Crippen LogP contribution in [0.5, 0.6) is 0 Å². The topological polar surface area (TPSA) is 136 Å². The minimum Gasteiger partial charge on any atom is -0.462 e. The van der Waals surface area contributed by atoms with Gasteiger partial charge in [-0.05, 0) is 17.7 Å². The van der Waals surface area contributed by atoms with E-state index in [0.717, 1.165) is 18.4 Å². The number of alkyl halides is 3. The first-order valence-electron chi connectivity index (χ1n) is 7.07. The molecule has 0 saturated carbocycles. The van der Waals surface area contributed by atoms with Crippen molar-refractivity contribution in [3.63, 3.8) is 0 Å². The number of nitrogens with two attached hydrogens (primary N) is 1. The third-order valence-corrected chi connectivity index (χ3v) is 4.32. The molecule has 2 atom stereocenters. The predicted molar refractivity (Wildman–Crippen MR) is 89.8 cm³/mol. The van der Waals surface area contributed by atoms with E-state index in [0.29, 0.717) is 0 Å². The summed E-state index contributed by atoms with van der Waals surface area (Å²) < 4.78 is 64.7. The maximum Gasteiger partial charge on any atom is 0.471 e. The van der Waals surface area contributed by atoms with E-state index in [1.807, 2.05) is 0 Å². The van der Waals surface area contributed by atoms with E-state index < -0.39 is 53.2 Å². The summed E-state index contributed by atoms with van der Waals surface area (Å²) >= 11 is 0. The Morgan fingerprint density at radius 2 is 1.78 bits per heavy atom. The number of rotatable bonds is 7. The van der Waals surface area contributed by atoms with Gasteiger partial charge in [0.2, 0.25) is 0 Å². The SMILES string of the molecule is CS(=O)(=O)c1ccc(C(O)C(COC(=O)CN)NC(=O)C(F)(F)F)cc1.Cl. The van der Waals surface area contributed by atoms with Gasteiger partial charge >= 0.3 is 18.1 Å². The lowest BCUT2D eigenvalue weighted by molar-refractivity contribution is -0.176. The van der Waals surface area contributed by atoms with E-state index in [9.17, 15) is 36.3 Å². The number of carbonyl (C=O) groups excluding carboxylic acids is 2. The minimum atomic E-state index is -5.21. The van der Waals surface area contributed by atoms with Gasteiger partial charge in [0.05, 0.1) is 17.5 Å². The van der Waals surface area contributed by atoms with Crippen molar-refractivity contribution >= 4 is 34.1 Å². The Balaban J connectivity index is 0.00000676. The molecule has 0 aliphatic heterocycles. The van der Waals surface area contributed by atoms with Crippen molar-refractivity contribution in [2.45, 2.75) is 23.2 Å². The van der Waals surface area contributed by atoms with E-state index in [2.05, 4.69) is 4.74 Å². The summed E-state index contributed by atoms with van der Waals surface area (Å²) in [5.74, 6) is -3.28. The van der Waals surface area contributed by atoms with E-state index in [1.165, 1.54) is 17.4 Å². The first-order chi connectivity index (χ1) is 11.9. The predicted octanol–water partition coefficient (Wildman–Crippen LogP) is 0.0943. The molecule has 0 aliphatic carbocycles. The number of esters is 1. The molecule has 13 heteroatoms. The molecule has 27 heavy (non-hydrogen) atoms. The molecule has 2 unspecified atom stereocenters. The molecule has 0 spiro atoms. The summed E-state index contributed by atoms with van der Waals surface area (Å²) in [6.07, 6.45) is -5.96. The van der Waals surface area contributed by atoms with Crippen molar-refractivity contribution in [1.29, 1.82) is 0 Å². The number of sulfone groups is 1. The third kappa shape index (κ3) is 7.71. The van der Waals surface area contributed by atoms with Crippen LogP contribution in [0.4, 0.5) is 13.2 Å². The zero-order valence-electron chi connectivity index (χ0n) is 13.9. The zero-order valence-corrected chi connectivity index (χ0v) is 15.5. The lowest BCUT2D eigenvalue weighted by atomic mass is 10.0. The molecular weight excluding hydrogens is 417 g/mol. The quantitative estimate of drug-likeness (QED) is 0.517. The van der Waals surface area contributed by atoms with Crippen LogP contribution in [0.25, 0.3) is 0 Å². The Morgan fingerprint density at radius 1 is 1.26 bits per heavy atom. The number of amides is 1. The van der Waals surface area contributed by atoms with E-state index >= 15 is 0 Å². The number of hydrogen-bond donors (Lipinski definition) is 3. The molecule has 1 aromatic rings. The van der Waals surface area contributed by atoms with Gasteiger partial charge in [-0.1, -0.05) is 12.1 Å². The van der Waals surface area contributed by atoms with Gasteiger partial charge < -0.3 is 20.9 Å². The molecule has 0 bridgehead atoms. The van der Waals surface area contributed by atoms with Crippen LogP contribution in [-0.2, 0) is 24.2 Å². The van der Waals surface area contributed by atoms with Crippen LogP contribution < -0.4 is 11.1 Å². The van der Waals surface area contributed by atoms with Gasteiger partial charge in [-0.15, -0.1) is 12.4 Å². The molecular formula is C14H18ClF3N2O6S. The highest BCUT2D eigenvalue weighted by Crippen LogP contribution is 2.22. The highest BCUT2D eigenvalue weighted by molar-refractivity contribution is 7.90. The van der Waals surface area contributed by atoms with Gasteiger partial charge in [-0.25, -0.2) is 8.42 Å². The fourth-order valence-electron chi connectivity index (χ4n) is 1.85. The summed E-state index contributed by atoms with van der Waals surface area (Å²) in [4.78, 5) is 22.1. The van der Waals surface area contributed by atoms with Gasteiger partial charge in [0.1, 0.15) is 12.7 Å². The third-order valence-electron chi connectivity index (χ3n) is 3.20. The fraction of sp³-hybridized carbons (Fsp3) is 0.429. The molecule has 0 heterocycles. The summed E-state index contributed by atoms with van der Waals surface area (Å²) in [7, 11) is -3.51. The summed E-state index contributed by atoms with van der Waals surface area (Å²) in [5, 5.41) is 11.7. The van der Waals surface area contributed by atoms with Gasteiger partial charge in [-0.3, -0.25) is 9.59 Å². The number of carbonyl (C=O) groups is 2. The monoisotopic (exact) mass is 434 g/mol. The van der Waals surface area contributed by atoms with Crippen LogP contribution in [0.2, 0.25) is 0 Å². The second-order valence-electron chi connectivity index (χ2n) is 5.25. The number of benzene rings is 1. The molecule has 1 aromatic carbocycles. The highest BCUT2D eigenvalue weighted by atomic mass is 35.5. The minimum absolute atomic E-state index is 0. The average Bonchev–Trinajstić information content (AvgIpc) is 2.55. The second-order valence-corrected chi connectivity index (χ2v) is 7.27. The van der Waals surface area contributed by atoms with Crippen LogP contribution in [0.15, 0.2) is 29.2 Å². The fourth-order valence-corrected chi connectivity index (χ4v) is 2.48. The first-order valence-corrected chi connectivity index (χ1v) is 8.97. The Hall–Kier alpha value is -1.89. The Kier molecular flexibility index (Phi) is 9.18. The smallest absolute Gasteiger partial charge is 0.462 e. The number of hydrogen-bond acceptors (Lipinski definition) is 7. The summed E-state index contributed by atoms with van der Waals surface area (Å²) in [5.41, 5.74) is 5.02. The second kappa shape index (κ2) is 9.88. The lowest BCUT2D eigenvalue weighted by Crippen LogP contribution is -2.48. The number of aliphatic hydroxyl groups is 1. The van der Waals surface area contributed by atoms with Crippen LogP contribution in [0.1, 0.15) is 11.7 Å². The Bertz CT molecular complexity index is 755. The summed E-state index contributed by atoms with van der Waals surface area (Å²) in [6, 6.07) is 2.98. The molecule has 1 rings (SSSR count). The number of ether oxygens (including phenoxy) is 1. The van der Waals surface area contributed by atoms with Crippen molar-refractivity contribution in [1.82, 2.24) is 5.32 Å². The molecule has 0 saturated heterocycles. The molecule has 0 radical (unpaired) electrons. The normalized spacial score (nSPS) is 13.9. The maximum absolute atomic E-state index is 12.4. The van der Waals surface area contributed by atoms with Crippen molar-refractivity contribution < 1.29 is 41.0 Å². The Labute approximate surface area is 159 Å².